The molecule has 1 aromatic rings. The molecule has 114 valence electrons. The predicted octanol–water partition coefficient (Wildman–Crippen LogP) is 2.89. The van der Waals surface area contributed by atoms with Crippen LogP contribution in [-0.2, 0) is 13.0 Å². The second kappa shape index (κ2) is 6.25. The lowest BCUT2D eigenvalue weighted by Crippen LogP contribution is -2.39. The highest BCUT2D eigenvalue weighted by Gasteiger charge is 2.33. The first-order chi connectivity index (χ1) is 9.40. The Labute approximate surface area is 123 Å². The highest BCUT2D eigenvalue weighted by molar-refractivity contribution is 4.96. The Morgan fingerprint density at radius 3 is 2.60 bits per heavy atom. The van der Waals surface area contributed by atoms with Crippen LogP contribution in [0.5, 0.6) is 0 Å². The predicted molar refractivity (Wildman–Crippen MR) is 82.5 cm³/mol. The molecule has 1 saturated carbocycles. The molecular weight excluding hydrogens is 248 g/mol. The van der Waals surface area contributed by atoms with Gasteiger partial charge in [-0.3, -0.25) is 0 Å². The van der Waals surface area contributed by atoms with Gasteiger partial charge in [0, 0.05) is 25.6 Å². The van der Waals surface area contributed by atoms with E-state index in [0.29, 0.717) is 11.8 Å². The molecule has 0 amide bonds. The lowest BCUT2D eigenvalue weighted by molar-refractivity contribution is 0.198. The molecule has 0 saturated heterocycles. The van der Waals surface area contributed by atoms with Crippen LogP contribution in [0.2, 0.25) is 0 Å². The fourth-order valence-electron chi connectivity index (χ4n) is 2.42. The monoisotopic (exact) mass is 278 g/mol. The van der Waals surface area contributed by atoms with Gasteiger partial charge < -0.3 is 5.32 Å². The summed E-state index contributed by atoms with van der Waals surface area (Å²) in [6.07, 6.45) is 5.39. The lowest BCUT2D eigenvalue weighted by atomic mass is 9.76. The molecule has 1 aromatic heterocycles. The molecule has 0 bridgehead atoms. The Morgan fingerprint density at radius 2 is 2.05 bits per heavy atom. The van der Waals surface area contributed by atoms with Crippen LogP contribution in [0.4, 0.5) is 0 Å². The van der Waals surface area contributed by atoms with Crippen molar-refractivity contribution in [2.45, 2.75) is 66.5 Å². The maximum absolute atomic E-state index is 4.50. The van der Waals surface area contributed by atoms with Crippen LogP contribution in [0.25, 0.3) is 0 Å². The van der Waals surface area contributed by atoms with Crippen LogP contribution in [0.1, 0.15) is 53.3 Å². The van der Waals surface area contributed by atoms with Crippen LogP contribution in [0.15, 0.2) is 6.33 Å². The van der Waals surface area contributed by atoms with E-state index < -0.39 is 0 Å². The van der Waals surface area contributed by atoms with E-state index >= 15 is 0 Å². The third kappa shape index (κ3) is 4.05. The molecule has 1 N–H and O–H groups in total. The van der Waals surface area contributed by atoms with E-state index in [1.807, 2.05) is 0 Å². The van der Waals surface area contributed by atoms with Gasteiger partial charge in [-0.2, -0.15) is 5.10 Å². The van der Waals surface area contributed by atoms with E-state index in [0.717, 1.165) is 31.4 Å². The number of rotatable bonds is 8. The van der Waals surface area contributed by atoms with Gasteiger partial charge in [0.1, 0.15) is 12.2 Å². The van der Waals surface area contributed by atoms with E-state index in [2.05, 4.69) is 54.7 Å². The van der Waals surface area contributed by atoms with Crippen molar-refractivity contribution in [3.63, 3.8) is 0 Å². The van der Waals surface area contributed by atoms with Crippen molar-refractivity contribution in [2.75, 3.05) is 6.54 Å². The fourth-order valence-corrected chi connectivity index (χ4v) is 2.42. The molecule has 4 heteroatoms. The molecule has 0 radical (unpaired) electrons. The van der Waals surface area contributed by atoms with Crippen molar-refractivity contribution in [3.8, 4) is 0 Å². The average Bonchev–Trinajstić information content (AvgIpc) is 3.10. The topological polar surface area (TPSA) is 42.7 Å². The Morgan fingerprint density at radius 1 is 1.35 bits per heavy atom. The molecule has 0 spiro atoms. The van der Waals surface area contributed by atoms with Crippen molar-refractivity contribution in [1.29, 1.82) is 0 Å². The Kier molecular flexibility index (Phi) is 4.84. The summed E-state index contributed by atoms with van der Waals surface area (Å²) in [5.74, 6) is 2.36. The molecule has 4 nitrogen and oxygen atoms in total. The lowest BCUT2D eigenvalue weighted by Gasteiger charge is -2.34. The number of hydrogen-bond acceptors (Lipinski definition) is 3. The zero-order valence-electron chi connectivity index (χ0n) is 13.7. The largest absolute Gasteiger partial charge is 0.313 e. The van der Waals surface area contributed by atoms with E-state index in [1.165, 1.54) is 12.8 Å². The maximum atomic E-state index is 4.50. The second-order valence-electron chi connectivity index (χ2n) is 7.39. The van der Waals surface area contributed by atoms with Crippen LogP contribution in [0, 0.1) is 17.3 Å². The Balaban J connectivity index is 2.04. The standard InChI is InChI=1S/C16H30N4/c1-12(2)9-20-15(18-11-19-20)8-16(5,13(3)4)10-17-14-6-7-14/h11-14,17H,6-10H2,1-5H3. The SMILES string of the molecule is CC(C)Cn1ncnc1CC(C)(CNC1CC1)C(C)C. The van der Waals surface area contributed by atoms with E-state index in [-0.39, 0.29) is 5.41 Å². The summed E-state index contributed by atoms with van der Waals surface area (Å²) in [6.45, 7) is 13.5. The van der Waals surface area contributed by atoms with Crippen LogP contribution in [0.3, 0.4) is 0 Å². The zero-order chi connectivity index (χ0) is 14.8. The summed E-state index contributed by atoms with van der Waals surface area (Å²) in [4.78, 5) is 4.50. The van der Waals surface area contributed by atoms with Crippen molar-refractivity contribution in [1.82, 2.24) is 20.1 Å². The first kappa shape index (κ1) is 15.5. The van der Waals surface area contributed by atoms with E-state index in [9.17, 15) is 0 Å². The first-order valence-corrected chi connectivity index (χ1v) is 8.01. The minimum atomic E-state index is 0.240. The van der Waals surface area contributed by atoms with Gasteiger partial charge in [0.2, 0.25) is 0 Å². The van der Waals surface area contributed by atoms with E-state index in [4.69, 9.17) is 0 Å². The number of hydrogen-bond donors (Lipinski definition) is 1. The van der Waals surface area contributed by atoms with Crippen LogP contribution < -0.4 is 5.32 Å². The maximum Gasteiger partial charge on any atom is 0.138 e. The quantitative estimate of drug-likeness (QED) is 0.795. The molecule has 1 unspecified atom stereocenters. The van der Waals surface area contributed by atoms with Crippen LogP contribution >= 0.6 is 0 Å². The van der Waals surface area contributed by atoms with Crippen molar-refractivity contribution in [3.05, 3.63) is 12.2 Å². The minimum absolute atomic E-state index is 0.240. The third-order valence-electron chi connectivity index (χ3n) is 4.56. The van der Waals surface area contributed by atoms with Gasteiger partial charge in [-0.25, -0.2) is 9.67 Å². The van der Waals surface area contributed by atoms with Gasteiger partial charge >= 0.3 is 0 Å². The number of nitrogens with zero attached hydrogens (tertiary/aromatic N) is 3. The fraction of sp³-hybridized carbons (Fsp3) is 0.875. The van der Waals surface area contributed by atoms with Gasteiger partial charge in [-0.05, 0) is 30.1 Å². The Hall–Kier alpha value is -0.900. The molecule has 0 aromatic carbocycles. The normalized spacial score (nSPS) is 18.8. The molecule has 2 rings (SSSR count). The summed E-state index contributed by atoms with van der Waals surface area (Å²) < 4.78 is 2.09. The van der Waals surface area contributed by atoms with Gasteiger partial charge in [-0.1, -0.05) is 34.6 Å². The highest BCUT2D eigenvalue weighted by atomic mass is 15.3. The molecule has 1 fully saturated rings. The molecule has 1 aliphatic carbocycles. The molecular formula is C16H30N4. The first-order valence-electron chi connectivity index (χ1n) is 8.01. The molecule has 20 heavy (non-hydrogen) atoms. The molecule has 1 atom stereocenters. The molecule has 1 aliphatic rings. The second-order valence-corrected chi connectivity index (χ2v) is 7.39. The van der Waals surface area contributed by atoms with Gasteiger partial charge in [0.25, 0.3) is 0 Å². The van der Waals surface area contributed by atoms with Crippen molar-refractivity contribution < 1.29 is 0 Å². The van der Waals surface area contributed by atoms with Gasteiger partial charge in [-0.15, -0.1) is 0 Å². The summed E-state index contributed by atoms with van der Waals surface area (Å²) in [7, 11) is 0. The van der Waals surface area contributed by atoms with Crippen molar-refractivity contribution in [2.24, 2.45) is 17.3 Å². The average molecular weight is 278 g/mol. The summed E-state index contributed by atoms with van der Waals surface area (Å²) in [5, 5.41) is 8.09. The summed E-state index contributed by atoms with van der Waals surface area (Å²) >= 11 is 0. The molecule has 0 aliphatic heterocycles. The smallest absolute Gasteiger partial charge is 0.138 e. The number of aromatic nitrogens is 3. The summed E-state index contributed by atoms with van der Waals surface area (Å²) in [6, 6.07) is 0.765. The summed E-state index contributed by atoms with van der Waals surface area (Å²) in [5.41, 5.74) is 0.240. The van der Waals surface area contributed by atoms with E-state index in [1.54, 1.807) is 6.33 Å². The van der Waals surface area contributed by atoms with Crippen molar-refractivity contribution >= 4 is 0 Å². The Bertz CT molecular complexity index is 420. The van der Waals surface area contributed by atoms with Gasteiger partial charge in [0.05, 0.1) is 0 Å². The van der Waals surface area contributed by atoms with Gasteiger partial charge in [0.15, 0.2) is 0 Å². The number of nitrogens with one attached hydrogen (secondary N) is 1. The van der Waals surface area contributed by atoms with Crippen LogP contribution in [-0.4, -0.2) is 27.4 Å². The minimum Gasteiger partial charge on any atom is -0.313 e. The third-order valence-corrected chi connectivity index (χ3v) is 4.56. The highest BCUT2D eigenvalue weighted by Crippen LogP contribution is 2.31. The zero-order valence-corrected chi connectivity index (χ0v) is 13.7. The molecule has 1 heterocycles.